The first-order valence-corrected chi connectivity index (χ1v) is 14.3. The Morgan fingerprint density at radius 3 is 2.72 bits per heavy atom. The zero-order valence-electron chi connectivity index (χ0n) is 21.9. The number of amides is 2. The first-order valence-electron chi connectivity index (χ1n) is 13.5. The molecule has 3 fully saturated rings. The molecule has 2 saturated carbocycles. The second kappa shape index (κ2) is 9.01. The average Bonchev–Trinajstić information content (AvgIpc) is 3.28. The highest BCUT2D eigenvalue weighted by Gasteiger charge is 2.49. The van der Waals surface area contributed by atoms with Gasteiger partial charge in [-0.3, -0.25) is 4.79 Å². The van der Waals surface area contributed by atoms with E-state index in [1.165, 1.54) is 18.4 Å². The maximum atomic E-state index is 13.7. The molecule has 9 nitrogen and oxygen atoms in total. The molecule has 2 bridgehead atoms. The minimum Gasteiger partial charge on any atom is -0.494 e. The van der Waals surface area contributed by atoms with Gasteiger partial charge in [0.25, 0.3) is 5.91 Å². The quantitative estimate of drug-likeness (QED) is 0.319. The Balaban J connectivity index is 1.30. The minimum atomic E-state index is -1.04. The van der Waals surface area contributed by atoms with Gasteiger partial charge in [-0.2, -0.15) is 0 Å². The third-order valence-electron chi connectivity index (χ3n) is 8.77. The number of halogens is 1. The van der Waals surface area contributed by atoms with E-state index in [1.807, 2.05) is 18.0 Å². The summed E-state index contributed by atoms with van der Waals surface area (Å²) in [6, 6.07) is 11.8. The molecule has 3 aliphatic rings. The Morgan fingerprint density at radius 2 is 1.97 bits per heavy atom. The van der Waals surface area contributed by atoms with E-state index in [-0.39, 0.29) is 23.9 Å². The summed E-state index contributed by atoms with van der Waals surface area (Å²) in [4.78, 5) is 31.9. The number of aryl methyl sites for hydroxylation is 1. The first kappa shape index (κ1) is 24.5. The predicted octanol–water partition coefficient (Wildman–Crippen LogP) is 5.25. The lowest BCUT2D eigenvalue weighted by Crippen LogP contribution is -2.45. The number of likely N-dealkylation sites (tertiary alicyclic amines) is 1. The highest BCUT2D eigenvalue weighted by Crippen LogP contribution is 2.41. The number of carbonyl (C=O) groups excluding carboxylic acids is 1. The maximum absolute atomic E-state index is 13.7. The van der Waals surface area contributed by atoms with E-state index in [2.05, 4.69) is 54.6 Å². The topological polar surface area (TPSA) is 102 Å². The molecule has 2 aromatic heterocycles. The third-order valence-corrected chi connectivity index (χ3v) is 9.27. The number of methoxy groups -OCH3 is 1. The summed E-state index contributed by atoms with van der Waals surface area (Å²) in [7, 11) is 3.60. The predicted molar refractivity (Wildman–Crippen MR) is 151 cm³/mol. The number of nitrogens with one attached hydrogen (secondary N) is 1. The van der Waals surface area contributed by atoms with Crippen LogP contribution in [0.5, 0.6) is 5.75 Å². The van der Waals surface area contributed by atoms with Crippen molar-refractivity contribution in [3.63, 3.8) is 0 Å². The van der Waals surface area contributed by atoms with Crippen LogP contribution in [0.1, 0.15) is 36.0 Å². The number of carbonyl (C=O) groups is 2. The lowest BCUT2D eigenvalue weighted by Gasteiger charge is -2.27. The first-order chi connectivity index (χ1) is 18.8. The monoisotopic (exact) mass is 591 g/mol. The summed E-state index contributed by atoms with van der Waals surface area (Å²) in [5, 5.41) is 13.1. The highest BCUT2D eigenvalue weighted by molar-refractivity contribution is 9.10. The van der Waals surface area contributed by atoms with Crippen LogP contribution in [-0.4, -0.2) is 61.9 Å². The van der Waals surface area contributed by atoms with Crippen molar-refractivity contribution in [3.05, 3.63) is 46.4 Å². The van der Waals surface area contributed by atoms with E-state index < -0.39 is 6.09 Å². The lowest BCUT2D eigenvalue weighted by molar-refractivity contribution is 0.0697. The maximum Gasteiger partial charge on any atom is 0.404 e. The van der Waals surface area contributed by atoms with Gasteiger partial charge in [-0.05, 0) is 67.9 Å². The largest absolute Gasteiger partial charge is 0.494 e. The molecule has 3 atom stereocenters. The molecule has 4 aromatic rings. The lowest BCUT2D eigenvalue weighted by atomic mass is 10.1. The van der Waals surface area contributed by atoms with E-state index >= 15 is 0 Å². The molecule has 7 rings (SSSR count). The van der Waals surface area contributed by atoms with E-state index in [9.17, 15) is 14.7 Å². The van der Waals surface area contributed by atoms with Crippen LogP contribution in [0, 0.1) is 11.8 Å². The van der Waals surface area contributed by atoms with E-state index in [0.717, 1.165) is 46.3 Å². The van der Waals surface area contributed by atoms with Gasteiger partial charge in [0.1, 0.15) is 11.3 Å². The van der Waals surface area contributed by atoms with Crippen molar-refractivity contribution >= 4 is 49.9 Å². The molecule has 10 heteroatoms. The van der Waals surface area contributed by atoms with Crippen LogP contribution < -0.4 is 10.1 Å². The SMILES string of the molecule is COc1cc(C(=O)N2C[C@@H]3CC[C@H]2C3NC(=O)O)cc2nc(-c3cc4ccc(Br)cc4n3CC3CC3)n(C)c12. The molecule has 1 unspecified atom stereocenters. The molecular formula is C29H30BrN5O4. The van der Waals surface area contributed by atoms with Gasteiger partial charge in [0, 0.05) is 41.1 Å². The van der Waals surface area contributed by atoms with Crippen molar-refractivity contribution in [2.24, 2.45) is 18.9 Å². The average molecular weight is 592 g/mol. The molecule has 1 saturated heterocycles. The summed E-state index contributed by atoms with van der Waals surface area (Å²) in [6.07, 6.45) is 3.18. The highest BCUT2D eigenvalue weighted by atomic mass is 79.9. The normalized spacial score (nSPS) is 22.2. The summed E-state index contributed by atoms with van der Waals surface area (Å²) < 4.78 is 11.3. The number of benzene rings is 2. The van der Waals surface area contributed by atoms with Crippen molar-refractivity contribution in [2.75, 3.05) is 13.7 Å². The standard InChI is InChI=1S/C29H30BrN5O4/c1-33-26-20(31-27(33)23-10-16-5-7-19(30)12-22(16)34(23)13-15-3-4-15)9-18(11-24(26)39-2)28(36)35-14-17-6-8-21(35)25(17)32-29(37)38/h5,7,9-12,15,17,21,25,32H,3-4,6,8,13-14H2,1-2H3,(H,37,38)/t17-,21-,25?/m0/s1. The van der Waals surface area contributed by atoms with Gasteiger partial charge in [0.2, 0.25) is 0 Å². The second-order valence-corrected chi connectivity index (χ2v) is 12.1. The number of nitrogens with zero attached hydrogens (tertiary/aromatic N) is 4. The van der Waals surface area contributed by atoms with Crippen LogP contribution in [0.15, 0.2) is 40.9 Å². The number of fused-ring (bicyclic) bond motifs is 4. The van der Waals surface area contributed by atoms with Gasteiger partial charge in [0.15, 0.2) is 5.82 Å². The molecule has 0 radical (unpaired) electrons. The minimum absolute atomic E-state index is 0.112. The molecule has 0 spiro atoms. The molecule has 1 aliphatic heterocycles. The fourth-order valence-corrected chi connectivity index (χ4v) is 7.09. The fourth-order valence-electron chi connectivity index (χ4n) is 6.74. The Bertz CT molecular complexity index is 1650. The van der Waals surface area contributed by atoms with Crippen LogP contribution in [-0.2, 0) is 13.6 Å². The molecule has 2 aromatic carbocycles. The van der Waals surface area contributed by atoms with Crippen LogP contribution >= 0.6 is 15.9 Å². The van der Waals surface area contributed by atoms with Crippen molar-refractivity contribution in [2.45, 2.75) is 44.3 Å². The Hall–Kier alpha value is -3.53. The van der Waals surface area contributed by atoms with Crippen LogP contribution in [0.25, 0.3) is 33.5 Å². The Labute approximate surface area is 233 Å². The smallest absolute Gasteiger partial charge is 0.404 e. The van der Waals surface area contributed by atoms with Crippen LogP contribution in [0.4, 0.5) is 4.79 Å². The van der Waals surface area contributed by atoms with E-state index in [4.69, 9.17) is 9.72 Å². The number of ether oxygens (including phenoxy) is 1. The molecule has 39 heavy (non-hydrogen) atoms. The van der Waals surface area contributed by atoms with Gasteiger partial charge < -0.3 is 29.2 Å². The van der Waals surface area contributed by atoms with Crippen molar-refractivity contribution in [3.8, 4) is 17.3 Å². The van der Waals surface area contributed by atoms with Crippen LogP contribution in [0.3, 0.4) is 0 Å². The molecule has 3 heterocycles. The number of carboxylic acid groups (broad SMARTS) is 1. The van der Waals surface area contributed by atoms with Gasteiger partial charge in [-0.15, -0.1) is 0 Å². The summed E-state index contributed by atoms with van der Waals surface area (Å²) in [6.45, 7) is 1.50. The van der Waals surface area contributed by atoms with Gasteiger partial charge in [-0.25, -0.2) is 9.78 Å². The number of aromatic nitrogens is 3. The number of piperidine rings is 1. The molecule has 2 aliphatic carbocycles. The van der Waals surface area contributed by atoms with E-state index in [0.29, 0.717) is 29.3 Å². The van der Waals surface area contributed by atoms with Gasteiger partial charge in [0.05, 0.1) is 30.4 Å². The molecule has 202 valence electrons. The molecule has 2 N–H and O–H groups in total. The third kappa shape index (κ3) is 3.99. The van der Waals surface area contributed by atoms with Gasteiger partial charge >= 0.3 is 6.09 Å². The number of imidazole rings is 1. The van der Waals surface area contributed by atoms with Crippen LogP contribution in [0.2, 0.25) is 0 Å². The van der Waals surface area contributed by atoms with Crippen molar-refractivity contribution in [1.82, 2.24) is 24.3 Å². The fraction of sp³-hybridized carbons (Fsp3) is 0.414. The summed E-state index contributed by atoms with van der Waals surface area (Å²) in [5.74, 6) is 2.14. The summed E-state index contributed by atoms with van der Waals surface area (Å²) in [5.41, 5.74) is 4.26. The Kier molecular flexibility index (Phi) is 5.66. The Morgan fingerprint density at radius 1 is 1.15 bits per heavy atom. The van der Waals surface area contributed by atoms with Crippen molar-refractivity contribution < 1.29 is 19.4 Å². The summed E-state index contributed by atoms with van der Waals surface area (Å²) >= 11 is 3.63. The van der Waals surface area contributed by atoms with Crippen molar-refractivity contribution in [1.29, 1.82) is 0 Å². The number of rotatable bonds is 6. The zero-order valence-corrected chi connectivity index (χ0v) is 23.4. The number of hydrogen-bond donors (Lipinski definition) is 2. The van der Waals surface area contributed by atoms with E-state index in [1.54, 1.807) is 13.2 Å². The number of hydrogen-bond acceptors (Lipinski definition) is 4. The second-order valence-electron chi connectivity index (χ2n) is 11.2. The van der Waals surface area contributed by atoms with Gasteiger partial charge in [-0.1, -0.05) is 22.0 Å². The molecule has 2 amide bonds. The molecular weight excluding hydrogens is 562 g/mol. The zero-order chi connectivity index (χ0) is 27.0.